The van der Waals surface area contributed by atoms with E-state index in [2.05, 4.69) is 10.1 Å². The number of carbonyl (C=O) groups excluding carboxylic acids is 2. The number of benzene rings is 1. The second-order valence-electron chi connectivity index (χ2n) is 4.91. The second kappa shape index (κ2) is 8.21. The number of rotatable bonds is 7. The Morgan fingerprint density at radius 1 is 1.25 bits per heavy atom. The summed E-state index contributed by atoms with van der Waals surface area (Å²) in [5, 5.41) is 2.52. The molecule has 1 aromatic carbocycles. The van der Waals surface area contributed by atoms with Gasteiger partial charge in [-0.25, -0.2) is 0 Å². The summed E-state index contributed by atoms with van der Waals surface area (Å²) in [5.74, 6) is -0.634. The molecule has 8 heteroatoms. The summed E-state index contributed by atoms with van der Waals surface area (Å²) < 4.78 is 28.5. The lowest BCUT2D eigenvalue weighted by Crippen LogP contribution is -2.13. The standard InChI is InChI=1S/C16H14ClF2NO3S/c1-9-2-6-14(24-9)12(21)4-7-15(22)20-10-3-5-13(11(17)8-10)23-16(18)19/h2-3,5-6,8,16H,4,7H2,1H3,(H,20,22). The first kappa shape index (κ1) is 18.4. The van der Waals surface area contributed by atoms with E-state index in [1.807, 2.05) is 13.0 Å². The Hall–Kier alpha value is -1.99. The number of hydrogen-bond acceptors (Lipinski definition) is 4. The van der Waals surface area contributed by atoms with E-state index in [1.54, 1.807) is 6.07 Å². The van der Waals surface area contributed by atoms with Gasteiger partial charge >= 0.3 is 6.61 Å². The summed E-state index contributed by atoms with van der Waals surface area (Å²) in [6, 6.07) is 7.53. The van der Waals surface area contributed by atoms with Gasteiger partial charge in [-0.15, -0.1) is 11.3 Å². The SMILES string of the molecule is Cc1ccc(C(=O)CCC(=O)Nc2ccc(OC(F)F)c(Cl)c2)s1. The van der Waals surface area contributed by atoms with Gasteiger partial charge in [0.2, 0.25) is 5.91 Å². The number of alkyl halides is 2. The molecule has 128 valence electrons. The zero-order chi connectivity index (χ0) is 17.7. The van der Waals surface area contributed by atoms with Gasteiger partial charge in [-0.2, -0.15) is 8.78 Å². The summed E-state index contributed by atoms with van der Waals surface area (Å²) in [7, 11) is 0. The van der Waals surface area contributed by atoms with E-state index < -0.39 is 6.61 Å². The molecule has 0 aliphatic rings. The molecule has 0 aliphatic heterocycles. The molecule has 4 nitrogen and oxygen atoms in total. The van der Waals surface area contributed by atoms with Crippen molar-refractivity contribution in [3.8, 4) is 5.75 Å². The van der Waals surface area contributed by atoms with Gasteiger partial charge in [-0.3, -0.25) is 9.59 Å². The highest BCUT2D eigenvalue weighted by atomic mass is 35.5. The molecule has 0 unspecified atom stereocenters. The van der Waals surface area contributed by atoms with Crippen molar-refractivity contribution in [3.05, 3.63) is 45.1 Å². The molecule has 0 saturated carbocycles. The summed E-state index contributed by atoms with van der Waals surface area (Å²) in [6.45, 7) is -1.07. The lowest BCUT2D eigenvalue weighted by molar-refractivity contribution is -0.116. The fourth-order valence-electron chi connectivity index (χ4n) is 1.93. The second-order valence-corrected chi connectivity index (χ2v) is 6.60. The molecule has 1 aromatic heterocycles. The Bertz CT molecular complexity index is 749. The molecule has 0 aliphatic carbocycles. The number of hydrogen-bond donors (Lipinski definition) is 1. The third kappa shape index (κ3) is 5.28. The van der Waals surface area contributed by atoms with Gasteiger partial charge in [0.15, 0.2) is 5.78 Å². The van der Waals surface area contributed by atoms with Crippen LogP contribution in [-0.4, -0.2) is 18.3 Å². The molecular formula is C16H14ClF2NO3S. The lowest BCUT2D eigenvalue weighted by atomic mass is 10.2. The maximum Gasteiger partial charge on any atom is 0.387 e. The number of thiophene rings is 1. The molecule has 0 fully saturated rings. The van der Waals surface area contributed by atoms with Crippen LogP contribution in [0.5, 0.6) is 5.75 Å². The van der Waals surface area contributed by atoms with Gasteiger partial charge in [0.25, 0.3) is 0 Å². The number of halogens is 3. The average molecular weight is 374 g/mol. The van der Waals surface area contributed by atoms with Crippen molar-refractivity contribution in [3.63, 3.8) is 0 Å². The highest BCUT2D eigenvalue weighted by molar-refractivity contribution is 7.14. The highest BCUT2D eigenvalue weighted by Crippen LogP contribution is 2.29. The number of nitrogens with one attached hydrogen (secondary N) is 1. The largest absolute Gasteiger partial charge is 0.433 e. The van der Waals surface area contributed by atoms with E-state index in [1.165, 1.54) is 29.5 Å². The highest BCUT2D eigenvalue weighted by Gasteiger charge is 2.13. The zero-order valence-electron chi connectivity index (χ0n) is 12.6. The topological polar surface area (TPSA) is 55.4 Å². The first-order chi connectivity index (χ1) is 11.3. The van der Waals surface area contributed by atoms with E-state index in [4.69, 9.17) is 11.6 Å². The molecule has 1 amide bonds. The maximum absolute atomic E-state index is 12.1. The van der Waals surface area contributed by atoms with E-state index in [0.29, 0.717) is 10.6 Å². The molecule has 2 rings (SSSR count). The van der Waals surface area contributed by atoms with Crippen LogP contribution in [0, 0.1) is 6.92 Å². The van der Waals surface area contributed by atoms with Crippen LogP contribution in [0.2, 0.25) is 5.02 Å². The zero-order valence-corrected chi connectivity index (χ0v) is 14.2. The number of Topliss-reactive ketones (excluding diaryl/α,β-unsaturated/α-hetero) is 1. The summed E-state index contributed by atoms with van der Waals surface area (Å²) in [6.07, 6.45) is 0.106. The van der Waals surface area contributed by atoms with Gasteiger partial charge in [0.05, 0.1) is 9.90 Å². The first-order valence-electron chi connectivity index (χ1n) is 6.99. The Kier molecular flexibility index (Phi) is 6.28. The Labute approximate surface area is 146 Å². The van der Waals surface area contributed by atoms with Gasteiger partial charge in [-0.1, -0.05) is 11.6 Å². The minimum atomic E-state index is -2.98. The normalized spacial score (nSPS) is 10.7. The summed E-state index contributed by atoms with van der Waals surface area (Å²) >= 11 is 7.19. The molecule has 0 atom stereocenters. The molecule has 0 spiro atoms. The van der Waals surface area contributed by atoms with Crippen molar-refractivity contribution in [2.24, 2.45) is 0 Å². The summed E-state index contributed by atoms with van der Waals surface area (Å²) in [5.41, 5.74) is 0.339. The summed E-state index contributed by atoms with van der Waals surface area (Å²) in [4.78, 5) is 25.5. The van der Waals surface area contributed by atoms with Gasteiger partial charge in [0, 0.05) is 23.4 Å². The molecule has 2 aromatic rings. The van der Waals surface area contributed by atoms with Crippen LogP contribution in [0.25, 0.3) is 0 Å². The van der Waals surface area contributed by atoms with Crippen LogP contribution in [0.4, 0.5) is 14.5 Å². The molecule has 0 bridgehead atoms. The minimum absolute atomic E-state index is 0.0166. The Balaban J connectivity index is 1.88. The predicted molar refractivity (Wildman–Crippen MR) is 89.3 cm³/mol. The maximum atomic E-state index is 12.1. The predicted octanol–water partition coefficient (Wildman–Crippen LogP) is 4.91. The molecule has 1 heterocycles. The van der Waals surface area contributed by atoms with E-state index in [0.717, 1.165) is 4.88 Å². The van der Waals surface area contributed by atoms with Crippen LogP contribution in [-0.2, 0) is 4.79 Å². The fourth-order valence-corrected chi connectivity index (χ4v) is 2.99. The minimum Gasteiger partial charge on any atom is -0.433 e. The molecular weight excluding hydrogens is 360 g/mol. The van der Waals surface area contributed by atoms with Crippen molar-refractivity contribution in [1.82, 2.24) is 0 Å². The number of anilines is 1. The van der Waals surface area contributed by atoms with Crippen LogP contribution >= 0.6 is 22.9 Å². The first-order valence-corrected chi connectivity index (χ1v) is 8.18. The van der Waals surface area contributed by atoms with E-state index in [9.17, 15) is 18.4 Å². The number of aryl methyl sites for hydroxylation is 1. The third-order valence-corrected chi connectivity index (χ3v) is 4.36. The van der Waals surface area contributed by atoms with Gasteiger partial charge in [-0.05, 0) is 37.3 Å². The Morgan fingerprint density at radius 2 is 2.00 bits per heavy atom. The Morgan fingerprint density at radius 3 is 2.58 bits per heavy atom. The van der Waals surface area contributed by atoms with E-state index >= 15 is 0 Å². The van der Waals surface area contributed by atoms with E-state index in [-0.39, 0.29) is 35.3 Å². The van der Waals surface area contributed by atoms with Gasteiger partial charge < -0.3 is 10.1 Å². The number of ketones is 1. The molecule has 24 heavy (non-hydrogen) atoms. The lowest BCUT2D eigenvalue weighted by Gasteiger charge is -2.09. The van der Waals surface area contributed by atoms with Crippen molar-refractivity contribution in [1.29, 1.82) is 0 Å². The fraction of sp³-hybridized carbons (Fsp3) is 0.250. The van der Waals surface area contributed by atoms with Crippen molar-refractivity contribution in [2.75, 3.05) is 5.32 Å². The van der Waals surface area contributed by atoms with Crippen molar-refractivity contribution < 1.29 is 23.1 Å². The smallest absolute Gasteiger partial charge is 0.387 e. The van der Waals surface area contributed by atoms with Crippen LogP contribution in [0.1, 0.15) is 27.4 Å². The molecule has 1 N–H and O–H groups in total. The number of ether oxygens (including phenoxy) is 1. The van der Waals surface area contributed by atoms with Crippen molar-refractivity contribution >= 4 is 40.3 Å². The molecule has 0 saturated heterocycles. The average Bonchev–Trinajstić information content (AvgIpc) is 2.94. The monoisotopic (exact) mass is 373 g/mol. The van der Waals surface area contributed by atoms with Crippen LogP contribution in [0.3, 0.4) is 0 Å². The number of carbonyl (C=O) groups is 2. The molecule has 0 radical (unpaired) electrons. The van der Waals surface area contributed by atoms with Crippen LogP contribution < -0.4 is 10.1 Å². The third-order valence-electron chi connectivity index (χ3n) is 3.03. The van der Waals surface area contributed by atoms with Gasteiger partial charge in [0.1, 0.15) is 5.75 Å². The number of amides is 1. The van der Waals surface area contributed by atoms with Crippen LogP contribution in [0.15, 0.2) is 30.3 Å². The quantitative estimate of drug-likeness (QED) is 0.701. The van der Waals surface area contributed by atoms with Crippen molar-refractivity contribution in [2.45, 2.75) is 26.4 Å².